The summed E-state index contributed by atoms with van der Waals surface area (Å²) in [5.41, 5.74) is 0.801. The van der Waals surface area contributed by atoms with E-state index in [9.17, 15) is 9.18 Å². The van der Waals surface area contributed by atoms with Gasteiger partial charge < -0.3 is 4.74 Å². The molecule has 0 saturated heterocycles. The molecule has 0 N–H and O–H groups in total. The van der Waals surface area contributed by atoms with Crippen LogP contribution in [0.15, 0.2) is 36.4 Å². The molecule has 4 heteroatoms. The molecule has 2 aromatic carbocycles. The lowest BCUT2D eigenvalue weighted by Crippen LogP contribution is -2.00. The molecule has 0 unspecified atom stereocenters. The topological polar surface area (TPSA) is 26.3 Å². The van der Waals surface area contributed by atoms with Gasteiger partial charge in [-0.25, -0.2) is 4.39 Å². The van der Waals surface area contributed by atoms with Crippen LogP contribution < -0.4 is 4.74 Å². The number of carbonyl (C=O) groups is 1. The maximum absolute atomic E-state index is 13.6. The first-order valence-corrected chi connectivity index (χ1v) is 6.10. The van der Waals surface area contributed by atoms with E-state index in [0.29, 0.717) is 10.8 Å². The Morgan fingerprint density at radius 2 is 2.00 bits per heavy atom. The van der Waals surface area contributed by atoms with Crippen molar-refractivity contribution in [3.8, 4) is 11.5 Å². The molecule has 2 nitrogen and oxygen atoms in total. The van der Waals surface area contributed by atoms with Crippen LogP contribution in [0.3, 0.4) is 0 Å². The van der Waals surface area contributed by atoms with Gasteiger partial charge in [-0.2, -0.15) is 0 Å². The standard InChI is InChI=1S/C15H12ClFO2/c1-9-8-11(6-7-12(9)16)19-14-5-3-4-13(17)15(14)10(2)18/h3-8H,1-2H3. The van der Waals surface area contributed by atoms with Gasteiger partial charge in [0, 0.05) is 5.02 Å². The van der Waals surface area contributed by atoms with E-state index in [-0.39, 0.29) is 17.1 Å². The second kappa shape index (κ2) is 5.41. The molecule has 0 atom stereocenters. The van der Waals surface area contributed by atoms with Crippen molar-refractivity contribution < 1.29 is 13.9 Å². The highest BCUT2D eigenvalue weighted by molar-refractivity contribution is 6.31. The van der Waals surface area contributed by atoms with Crippen molar-refractivity contribution in [2.24, 2.45) is 0 Å². The number of carbonyl (C=O) groups excluding carboxylic acids is 1. The van der Waals surface area contributed by atoms with Gasteiger partial charge >= 0.3 is 0 Å². The Hall–Kier alpha value is -1.87. The highest BCUT2D eigenvalue weighted by Crippen LogP contribution is 2.29. The zero-order valence-corrected chi connectivity index (χ0v) is 11.3. The number of hydrogen-bond acceptors (Lipinski definition) is 2. The van der Waals surface area contributed by atoms with Gasteiger partial charge in [0.25, 0.3) is 0 Å². The van der Waals surface area contributed by atoms with E-state index in [1.54, 1.807) is 24.3 Å². The molecule has 0 aromatic heterocycles. The highest BCUT2D eigenvalue weighted by atomic mass is 35.5. The molecule has 0 aliphatic rings. The lowest BCUT2D eigenvalue weighted by molar-refractivity contribution is 0.101. The number of halogens is 2. The molecule has 0 aliphatic carbocycles. The zero-order valence-electron chi connectivity index (χ0n) is 10.5. The summed E-state index contributed by atoms with van der Waals surface area (Å²) in [6, 6.07) is 9.39. The van der Waals surface area contributed by atoms with Crippen LogP contribution in [0.5, 0.6) is 11.5 Å². The number of ether oxygens (including phenoxy) is 1. The number of aryl methyl sites for hydroxylation is 1. The fraction of sp³-hybridized carbons (Fsp3) is 0.133. The molecule has 19 heavy (non-hydrogen) atoms. The lowest BCUT2D eigenvalue weighted by Gasteiger charge is -2.11. The van der Waals surface area contributed by atoms with E-state index in [1.165, 1.54) is 19.1 Å². The fourth-order valence-electron chi connectivity index (χ4n) is 1.74. The van der Waals surface area contributed by atoms with Crippen LogP contribution in [0, 0.1) is 12.7 Å². The van der Waals surface area contributed by atoms with Crippen molar-refractivity contribution in [1.29, 1.82) is 0 Å². The minimum Gasteiger partial charge on any atom is -0.456 e. The van der Waals surface area contributed by atoms with Gasteiger partial charge in [-0.15, -0.1) is 0 Å². The highest BCUT2D eigenvalue weighted by Gasteiger charge is 2.14. The molecular weight excluding hydrogens is 267 g/mol. The number of benzene rings is 2. The van der Waals surface area contributed by atoms with Crippen LogP contribution in [0.4, 0.5) is 4.39 Å². The van der Waals surface area contributed by atoms with Gasteiger partial charge in [-0.05, 0) is 49.7 Å². The third-order valence-corrected chi connectivity index (χ3v) is 3.11. The van der Waals surface area contributed by atoms with Crippen LogP contribution in [0.2, 0.25) is 5.02 Å². The van der Waals surface area contributed by atoms with Gasteiger partial charge in [0.2, 0.25) is 0 Å². The zero-order chi connectivity index (χ0) is 14.0. The monoisotopic (exact) mass is 278 g/mol. The van der Waals surface area contributed by atoms with Gasteiger partial charge in [-0.3, -0.25) is 4.79 Å². The molecular formula is C15H12ClFO2. The predicted octanol–water partition coefficient (Wildman–Crippen LogP) is 4.78. The van der Waals surface area contributed by atoms with Crippen molar-refractivity contribution in [2.45, 2.75) is 13.8 Å². The van der Waals surface area contributed by atoms with E-state index >= 15 is 0 Å². The van der Waals surface area contributed by atoms with Gasteiger partial charge in [0.1, 0.15) is 17.3 Å². The summed E-state index contributed by atoms with van der Waals surface area (Å²) >= 11 is 5.92. The Bertz CT molecular complexity index is 638. The Morgan fingerprint density at radius 1 is 1.26 bits per heavy atom. The van der Waals surface area contributed by atoms with Crippen molar-refractivity contribution in [3.63, 3.8) is 0 Å². The molecule has 98 valence electrons. The molecule has 0 heterocycles. The first kappa shape index (κ1) is 13.6. The van der Waals surface area contributed by atoms with Crippen LogP contribution in [-0.4, -0.2) is 5.78 Å². The molecule has 0 fully saturated rings. The third-order valence-electron chi connectivity index (χ3n) is 2.68. The summed E-state index contributed by atoms with van der Waals surface area (Å²) in [7, 11) is 0. The smallest absolute Gasteiger partial charge is 0.166 e. The van der Waals surface area contributed by atoms with Crippen LogP contribution >= 0.6 is 11.6 Å². The molecule has 0 aliphatic heterocycles. The fourth-order valence-corrected chi connectivity index (χ4v) is 1.86. The second-order valence-electron chi connectivity index (χ2n) is 4.18. The van der Waals surface area contributed by atoms with Crippen molar-refractivity contribution >= 4 is 17.4 Å². The normalized spacial score (nSPS) is 10.3. The summed E-state index contributed by atoms with van der Waals surface area (Å²) in [4.78, 5) is 11.5. The molecule has 0 radical (unpaired) electrons. The molecule has 0 amide bonds. The Balaban J connectivity index is 2.40. The molecule has 2 rings (SSSR count). The van der Waals surface area contributed by atoms with Crippen molar-refractivity contribution in [2.75, 3.05) is 0 Å². The Labute approximate surface area is 115 Å². The number of Topliss-reactive ketones (excluding diaryl/α,β-unsaturated/α-hetero) is 1. The van der Waals surface area contributed by atoms with Crippen LogP contribution in [-0.2, 0) is 0 Å². The Morgan fingerprint density at radius 3 is 2.63 bits per heavy atom. The maximum Gasteiger partial charge on any atom is 0.166 e. The third kappa shape index (κ3) is 2.93. The number of rotatable bonds is 3. The largest absolute Gasteiger partial charge is 0.456 e. The van der Waals surface area contributed by atoms with Gasteiger partial charge in [0.05, 0.1) is 5.56 Å². The van der Waals surface area contributed by atoms with E-state index < -0.39 is 5.82 Å². The van der Waals surface area contributed by atoms with E-state index in [2.05, 4.69) is 0 Å². The summed E-state index contributed by atoms with van der Waals surface area (Å²) in [6.07, 6.45) is 0. The number of hydrogen-bond donors (Lipinski definition) is 0. The van der Waals surface area contributed by atoms with Crippen LogP contribution in [0.1, 0.15) is 22.8 Å². The summed E-state index contributed by atoms with van der Waals surface area (Å²) in [5, 5.41) is 0.624. The molecule has 0 spiro atoms. The second-order valence-corrected chi connectivity index (χ2v) is 4.59. The Kier molecular flexibility index (Phi) is 3.86. The van der Waals surface area contributed by atoms with Crippen molar-refractivity contribution in [1.82, 2.24) is 0 Å². The summed E-state index contributed by atoms with van der Waals surface area (Å²) in [6.45, 7) is 3.14. The molecule has 0 saturated carbocycles. The molecule has 2 aromatic rings. The average Bonchev–Trinajstić information content (AvgIpc) is 2.33. The predicted molar refractivity (Wildman–Crippen MR) is 72.7 cm³/mol. The quantitative estimate of drug-likeness (QED) is 0.755. The number of ketones is 1. The first-order chi connectivity index (χ1) is 8.99. The van der Waals surface area contributed by atoms with Crippen molar-refractivity contribution in [3.05, 3.63) is 58.4 Å². The maximum atomic E-state index is 13.6. The summed E-state index contributed by atoms with van der Waals surface area (Å²) in [5.74, 6) is -0.251. The summed E-state index contributed by atoms with van der Waals surface area (Å²) < 4.78 is 19.2. The van der Waals surface area contributed by atoms with Crippen LogP contribution in [0.25, 0.3) is 0 Å². The lowest BCUT2D eigenvalue weighted by atomic mass is 10.1. The van der Waals surface area contributed by atoms with E-state index in [4.69, 9.17) is 16.3 Å². The SMILES string of the molecule is CC(=O)c1c(F)cccc1Oc1ccc(Cl)c(C)c1. The first-order valence-electron chi connectivity index (χ1n) is 5.72. The average molecular weight is 279 g/mol. The molecule has 0 bridgehead atoms. The minimum atomic E-state index is -0.587. The van der Waals surface area contributed by atoms with Gasteiger partial charge in [0.15, 0.2) is 5.78 Å². The van der Waals surface area contributed by atoms with E-state index in [1.807, 2.05) is 6.92 Å². The minimum absolute atomic E-state index is 0.0462. The van der Waals surface area contributed by atoms with E-state index in [0.717, 1.165) is 5.56 Å². The van der Waals surface area contributed by atoms with Gasteiger partial charge in [-0.1, -0.05) is 17.7 Å².